The van der Waals surface area contributed by atoms with Crippen LogP contribution in [0.15, 0.2) is 48.5 Å². The lowest BCUT2D eigenvalue weighted by atomic mass is 9.91. The molecule has 6 nitrogen and oxygen atoms in total. The number of hydrogen-bond acceptors (Lipinski definition) is 4. The van der Waals surface area contributed by atoms with Crippen LogP contribution in [0.25, 0.3) is 11.1 Å². The van der Waals surface area contributed by atoms with Gasteiger partial charge >= 0.3 is 10.4 Å². The van der Waals surface area contributed by atoms with Gasteiger partial charge in [-0.05, 0) is 59.4 Å². The minimum Gasteiger partial charge on any atom is -0.508 e. The van der Waals surface area contributed by atoms with Crippen molar-refractivity contribution in [2.75, 3.05) is 0 Å². The zero-order chi connectivity index (χ0) is 19.0. The highest BCUT2D eigenvalue weighted by atomic mass is 32.3. The minimum atomic E-state index is -4.67. The average Bonchev–Trinajstić information content (AvgIpc) is 2.53. The molecule has 0 heterocycles. The van der Waals surface area contributed by atoms with Gasteiger partial charge in [0, 0.05) is 0 Å². The van der Waals surface area contributed by atoms with Crippen molar-refractivity contribution in [3.63, 3.8) is 0 Å². The van der Waals surface area contributed by atoms with Gasteiger partial charge in [-0.25, -0.2) is 0 Å². The summed E-state index contributed by atoms with van der Waals surface area (Å²) in [7, 11) is -4.67. The third-order valence-electron chi connectivity index (χ3n) is 3.50. The Balaban J connectivity index is 0.000000550. The van der Waals surface area contributed by atoms with Crippen LogP contribution in [0.4, 0.5) is 0 Å². The van der Waals surface area contributed by atoms with Gasteiger partial charge in [-0.2, -0.15) is 8.42 Å². The van der Waals surface area contributed by atoms with E-state index in [1.54, 1.807) is 24.3 Å². The van der Waals surface area contributed by atoms with Gasteiger partial charge in [-0.3, -0.25) is 9.11 Å². The molecule has 0 saturated carbocycles. The van der Waals surface area contributed by atoms with Gasteiger partial charge in [0.1, 0.15) is 11.5 Å². The van der Waals surface area contributed by atoms with Gasteiger partial charge in [-0.15, -0.1) is 0 Å². The molecule has 4 N–H and O–H groups in total. The second-order valence-electron chi connectivity index (χ2n) is 5.21. The molecule has 0 aliphatic heterocycles. The van der Waals surface area contributed by atoms with Crippen LogP contribution in [0.5, 0.6) is 11.5 Å². The Morgan fingerprint density at radius 2 is 0.960 bits per heavy atom. The van der Waals surface area contributed by atoms with Crippen molar-refractivity contribution in [2.24, 2.45) is 0 Å². The van der Waals surface area contributed by atoms with Crippen LogP contribution in [0, 0.1) is 0 Å². The zero-order valence-electron chi connectivity index (χ0n) is 14.0. The van der Waals surface area contributed by atoms with Crippen LogP contribution < -0.4 is 0 Å². The molecule has 0 atom stereocenters. The molecule has 2 rings (SSSR count). The Morgan fingerprint density at radius 1 is 0.720 bits per heavy atom. The first kappa shape index (κ1) is 20.7. The molecule has 2 aromatic rings. The predicted octanol–water partition coefficient (Wildman–Crippen LogP) is 4.18. The topological polar surface area (TPSA) is 115 Å². The first-order chi connectivity index (χ1) is 11.7. The highest BCUT2D eigenvalue weighted by Crippen LogP contribution is 2.32. The first-order valence-corrected chi connectivity index (χ1v) is 9.06. The summed E-state index contributed by atoms with van der Waals surface area (Å²) in [6.07, 6.45) is 1.85. The van der Waals surface area contributed by atoms with Crippen LogP contribution >= 0.6 is 0 Å². The Labute approximate surface area is 147 Å². The second-order valence-corrected chi connectivity index (χ2v) is 6.10. The van der Waals surface area contributed by atoms with Crippen molar-refractivity contribution in [1.29, 1.82) is 0 Å². The smallest absolute Gasteiger partial charge is 0.394 e. The fourth-order valence-electron chi connectivity index (χ4n) is 2.51. The number of benzene rings is 2. The normalized spacial score (nSPS) is 12.0. The number of hydrogen-bond donors (Lipinski definition) is 4. The Morgan fingerprint density at radius 3 is 1.16 bits per heavy atom. The quantitative estimate of drug-likeness (QED) is 0.477. The lowest BCUT2D eigenvalue weighted by Gasteiger charge is -2.14. The summed E-state index contributed by atoms with van der Waals surface area (Å²) in [5.74, 6) is 0.568. The molecule has 0 bridgehead atoms. The molecule has 0 amide bonds. The van der Waals surface area contributed by atoms with E-state index < -0.39 is 10.4 Å². The van der Waals surface area contributed by atoms with E-state index in [1.807, 2.05) is 24.3 Å². The van der Waals surface area contributed by atoms with Crippen LogP contribution in [-0.2, 0) is 10.4 Å². The molecule has 7 heteroatoms. The molecule has 0 aromatic heterocycles. The van der Waals surface area contributed by atoms with Crippen molar-refractivity contribution < 1.29 is 27.7 Å². The summed E-state index contributed by atoms with van der Waals surface area (Å²) in [4.78, 5) is 0. The van der Waals surface area contributed by atoms with Gasteiger partial charge in [-0.1, -0.05) is 38.1 Å². The summed E-state index contributed by atoms with van der Waals surface area (Å²) in [6.45, 7) is 4.27. The summed E-state index contributed by atoms with van der Waals surface area (Å²) < 4.78 is 31.6. The molecule has 0 spiro atoms. The predicted molar refractivity (Wildman–Crippen MR) is 97.8 cm³/mol. The maximum absolute atomic E-state index is 9.41. The summed E-state index contributed by atoms with van der Waals surface area (Å²) >= 11 is 0. The molecule has 25 heavy (non-hydrogen) atoms. The summed E-state index contributed by atoms with van der Waals surface area (Å²) in [5.41, 5.74) is 4.82. The largest absolute Gasteiger partial charge is 0.508 e. The van der Waals surface area contributed by atoms with Crippen molar-refractivity contribution >= 4 is 21.5 Å². The highest BCUT2D eigenvalue weighted by molar-refractivity contribution is 7.79. The number of allylic oxidation sites excluding steroid dienone is 2. The molecular formula is C18H22O6S. The fourth-order valence-corrected chi connectivity index (χ4v) is 2.51. The van der Waals surface area contributed by atoms with E-state index in [-0.39, 0.29) is 11.5 Å². The van der Waals surface area contributed by atoms with Crippen LogP contribution in [-0.4, -0.2) is 27.7 Å². The monoisotopic (exact) mass is 366 g/mol. The van der Waals surface area contributed by atoms with Gasteiger partial charge in [0.2, 0.25) is 0 Å². The van der Waals surface area contributed by atoms with Crippen LogP contribution in [0.2, 0.25) is 0 Å². The number of aromatic hydroxyl groups is 2. The van der Waals surface area contributed by atoms with Crippen molar-refractivity contribution in [2.45, 2.75) is 26.7 Å². The van der Waals surface area contributed by atoms with Crippen molar-refractivity contribution in [3.8, 4) is 11.5 Å². The van der Waals surface area contributed by atoms with E-state index in [1.165, 1.54) is 11.1 Å². The molecule has 0 radical (unpaired) electrons. The molecular weight excluding hydrogens is 344 g/mol. The lowest BCUT2D eigenvalue weighted by Crippen LogP contribution is -1.91. The third kappa shape index (κ3) is 7.38. The van der Waals surface area contributed by atoms with E-state index in [0.29, 0.717) is 0 Å². The molecule has 0 unspecified atom stereocenters. The molecule has 136 valence electrons. The van der Waals surface area contributed by atoms with Gasteiger partial charge in [0.15, 0.2) is 0 Å². The van der Waals surface area contributed by atoms with Gasteiger partial charge in [0.25, 0.3) is 0 Å². The van der Waals surface area contributed by atoms with E-state index in [9.17, 15) is 10.2 Å². The second kappa shape index (κ2) is 9.22. The van der Waals surface area contributed by atoms with E-state index in [4.69, 9.17) is 17.5 Å². The molecule has 2 aromatic carbocycles. The standard InChI is InChI=1S/C18H20O2.H2O4S/c1-3-17(13-5-9-15(19)10-6-13)18(4-2)14-7-11-16(20)12-8-14;1-5(2,3)4/h5-12,19-20H,3-4H2,1-2H3;(H2,1,2,3,4)/b18-17+;. The van der Waals surface area contributed by atoms with E-state index in [0.717, 1.165) is 24.0 Å². The SMILES string of the molecule is CC/C(=C(/CC)c1ccc(O)cc1)c1ccc(O)cc1.O=S(=O)(O)O. The van der Waals surface area contributed by atoms with E-state index >= 15 is 0 Å². The highest BCUT2D eigenvalue weighted by Gasteiger charge is 2.09. The summed E-state index contributed by atoms with van der Waals surface area (Å²) in [5, 5.41) is 18.8. The maximum Gasteiger partial charge on any atom is 0.394 e. The molecule has 0 fully saturated rings. The number of phenolic OH excluding ortho intramolecular Hbond substituents is 2. The number of phenols is 2. The fraction of sp³-hybridized carbons (Fsp3) is 0.222. The zero-order valence-corrected chi connectivity index (χ0v) is 14.9. The molecule has 0 aliphatic rings. The van der Waals surface area contributed by atoms with E-state index in [2.05, 4.69) is 13.8 Å². The van der Waals surface area contributed by atoms with Crippen molar-refractivity contribution in [1.82, 2.24) is 0 Å². The third-order valence-corrected chi connectivity index (χ3v) is 3.50. The Kier molecular flexibility index (Phi) is 7.63. The summed E-state index contributed by atoms with van der Waals surface area (Å²) in [6, 6.07) is 14.7. The minimum absolute atomic E-state index is 0.284. The maximum atomic E-state index is 9.41. The Bertz CT molecular complexity index is 742. The molecule has 0 saturated heterocycles. The lowest BCUT2D eigenvalue weighted by molar-refractivity contribution is 0.381. The van der Waals surface area contributed by atoms with Crippen LogP contribution in [0.3, 0.4) is 0 Å². The molecule has 0 aliphatic carbocycles. The number of rotatable bonds is 4. The van der Waals surface area contributed by atoms with Crippen molar-refractivity contribution in [3.05, 3.63) is 59.7 Å². The Hall–Kier alpha value is -2.35. The van der Waals surface area contributed by atoms with Gasteiger partial charge in [0.05, 0.1) is 0 Å². The van der Waals surface area contributed by atoms with Crippen LogP contribution in [0.1, 0.15) is 37.8 Å². The average molecular weight is 366 g/mol. The van der Waals surface area contributed by atoms with Gasteiger partial charge < -0.3 is 10.2 Å². The first-order valence-electron chi connectivity index (χ1n) is 7.66.